The third kappa shape index (κ3) is 59.2. The maximum absolute atomic E-state index is 12.8. The van der Waals surface area contributed by atoms with Crippen molar-refractivity contribution in [3.63, 3.8) is 0 Å². The summed E-state index contributed by atoms with van der Waals surface area (Å²) < 4.78 is 16.8. The molecule has 0 saturated heterocycles. The van der Waals surface area contributed by atoms with E-state index in [9.17, 15) is 14.4 Å². The van der Waals surface area contributed by atoms with Gasteiger partial charge < -0.3 is 14.2 Å². The number of rotatable bonds is 56. The summed E-state index contributed by atoms with van der Waals surface area (Å²) in [6.45, 7) is 6.35. The Kier molecular flexibility index (Phi) is 58.8. The van der Waals surface area contributed by atoms with Crippen molar-refractivity contribution >= 4 is 17.9 Å². The molecule has 0 saturated carbocycles. The van der Waals surface area contributed by atoms with Crippen LogP contribution in [0.4, 0.5) is 0 Å². The molecule has 0 aromatic carbocycles. The van der Waals surface area contributed by atoms with E-state index in [4.69, 9.17) is 14.2 Å². The summed E-state index contributed by atoms with van der Waals surface area (Å²) in [7, 11) is 0. The van der Waals surface area contributed by atoms with Crippen molar-refractivity contribution in [1.29, 1.82) is 0 Å². The van der Waals surface area contributed by atoms with Crippen LogP contribution in [0.1, 0.15) is 297 Å². The molecule has 0 aliphatic carbocycles. The average molecular weight is 1030 g/mol. The normalized spacial score (nSPS) is 12.7. The van der Waals surface area contributed by atoms with Gasteiger partial charge in [-0.15, -0.1) is 0 Å². The molecule has 0 aliphatic rings. The molecule has 0 aromatic heterocycles. The highest BCUT2D eigenvalue weighted by atomic mass is 16.6. The van der Waals surface area contributed by atoms with Crippen molar-refractivity contribution in [2.45, 2.75) is 303 Å². The predicted molar refractivity (Wildman–Crippen MR) is 320 cm³/mol. The highest BCUT2D eigenvalue weighted by Crippen LogP contribution is 2.17. The third-order valence-corrected chi connectivity index (χ3v) is 13.3. The highest BCUT2D eigenvalue weighted by Gasteiger charge is 2.19. The van der Waals surface area contributed by atoms with Crippen LogP contribution in [-0.2, 0) is 28.6 Å². The van der Waals surface area contributed by atoms with Crippen LogP contribution in [0.25, 0.3) is 0 Å². The maximum atomic E-state index is 12.8. The number of hydrogen-bond donors (Lipinski definition) is 0. The van der Waals surface area contributed by atoms with Gasteiger partial charge in [-0.05, 0) is 83.5 Å². The second-order valence-corrected chi connectivity index (χ2v) is 20.6. The summed E-state index contributed by atoms with van der Waals surface area (Å²) in [5.41, 5.74) is 0. The maximum Gasteiger partial charge on any atom is 0.306 e. The summed E-state index contributed by atoms with van der Waals surface area (Å²) in [6, 6.07) is 0. The molecule has 0 aliphatic heterocycles. The Morgan fingerprint density at radius 3 is 0.878 bits per heavy atom. The number of hydrogen-bond acceptors (Lipinski definition) is 6. The molecule has 0 rings (SSSR count). The van der Waals surface area contributed by atoms with Crippen LogP contribution in [0.15, 0.2) is 97.2 Å². The van der Waals surface area contributed by atoms with Crippen LogP contribution >= 0.6 is 0 Å². The lowest BCUT2D eigenvalue weighted by molar-refractivity contribution is -0.166. The first-order valence-corrected chi connectivity index (χ1v) is 31.2. The van der Waals surface area contributed by atoms with Crippen LogP contribution in [0.2, 0.25) is 0 Å². The van der Waals surface area contributed by atoms with E-state index >= 15 is 0 Å². The Balaban J connectivity index is 4.08. The molecule has 74 heavy (non-hydrogen) atoms. The predicted octanol–water partition coefficient (Wildman–Crippen LogP) is 21.3. The van der Waals surface area contributed by atoms with E-state index in [0.29, 0.717) is 19.3 Å². The Labute approximate surface area is 457 Å². The summed E-state index contributed by atoms with van der Waals surface area (Å²) >= 11 is 0. The van der Waals surface area contributed by atoms with Crippen molar-refractivity contribution in [2.75, 3.05) is 13.2 Å². The third-order valence-electron chi connectivity index (χ3n) is 13.3. The topological polar surface area (TPSA) is 78.9 Å². The fourth-order valence-electron chi connectivity index (χ4n) is 8.74. The Morgan fingerprint density at radius 1 is 0.284 bits per heavy atom. The molecule has 0 N–H and O–H groups in total. The molecule has 0 heterocycles. The van der Waals surface area contributed by atoms with Gasteiger partial charge in [-0.1, -0.05) is 291 Å². The van der Waals surface area contributed by atoms with Crippen LogP contribution in [0.3, 0.4) is 0 Å². The molecule has 1 atom stereocenters. The second-order valence-electron chi connectivity index (χ2n) is 20.6. The number of esters is 3. The van der Waals surface area contributed by atoms with Crippen LogP contribution in [0, 0.1) is 0 Å². The Morgan fingerprint density at radius 2 is 0.554 bits per heavy atom. The fourth-order valence-corrected chi connectivity index (χ4v) is 8.74. The molecule has 424 valence electrons. The quantitative estimate of drug-likeness (QED) is 0.0261. The van der Waals surface area contributed by atoms with Gasteiger partial charge in [-0.25, -0.2) is 0 Å². The van der Waals surface area contributed by atoms with E-state index in [1.807, 2.05) is 6.08 Å². The second kappa shape index (κ2) is 61.9. The van der Waals surface area contributed by atoms with Crippen molar-refractivity contribution in [3.05, 3.63) is 97.2 Å². The number of unbranched alkanes of at least 4 members (excludes halogenated alkanes) is 29. The number of carbonyl (C=O) groups excluding carboxylic acids is 3. The first kappa shape index (κ1) is 70.3. The molecule has 6 nitrogen and oxygen atoms in total. The molecular weight excluding hydrogens is 913 g/mol. The molecule has 0 fully saturated rings. The van der Waals surface area contributed by atoms with Gasteiger partial charge in [0.15, 0.2) is 6.10 Å². The number of allylic oxidation sites excluding steroid dienone is 16. The van der Waals surface area contributed by atoms with Gasteiger partial charge in [0, 0.05) is 19.3 Å². The average Bonchev–Trinajstić information content (AvgIpc) is 3.40. The molecule has 0 aromatic rings. The van der Waals surface area contributed by atoms with E-state index in [0.717, 1.165) is 89.9 Å². The van der Waals surface area contributed by atoms with Crippen molar-refractivity contribution in [1.82, 2.24) is 0 Å². The number of ether oxygens (including phenoxy) is 3. The van der Waals surface area contributed by atoms with Gasteiger partial charge in [0.2, 0.25) is 0 Å². The smallest absolute Gasteiger partial charge is 0.306 e. The van der Waals surface area contributed by atoms with Gasteiger partial charge in [-0.3, -0.25) is 14.4 Å². The molecule has 0 spiro atoms. The van der Waals surface area contributed by atoms with Gasteiger partial charge in [0.05, 0.1) is 0 Å². The lowest BCUT2D eigenvalue weighted by Gasteiger charge is -2.18. The lowest BCUT2D eigenvalue weighted by Crippen LogP contribution is -2.30. The Bertz CT molecular complexity index is 1460. The minimum absolute atomic E-state index is 0.102. The highest BCUT2D eigenvalue weighted by molar-refractivity contribution is 5.71. The molecule has 0 bridgehead atoms. The van der Waals surface area contributed by atoms with Crippen LogP contribution in [-0.4, -0.2) is 37.2 Å². The van der Waals surface area contributed by atoms with Crippen molar-refractivity contribution < 1.29 is 28.6 Å². The van der Waals surface area contributed by atoms with E-state index in [1.54, 1.807) is 0 Å². The van der Waals surface area contributed by atoms with Gasteiger partial charge in [0.25, 0.3) is 0 Å². The van der Waals surface area contributed by atoms with Crippen molar-refractivity contribution in [2.24, 2.45) is 0 Å². The molecular formula is C68H116O6. The summed E-state index contributed by atoms with van der Waals surface area (Å²) in [4.78, 5) is 38.0. The van der Waals surface area contributed by atoms with Gasteiger partial charge >= 0.3 is 17.9 Å². The number of carbonyl (C=O) groups is 3. The Hall–Kier alpha value is -3.67. The monoisotopic (exact) mass is 1030 g/mol. The fraction of sp³-hybridized carbons (Fsp3) is 0.721. The molecule has 0 radical (unpaired) electrons. The van der Waals surface area contributed by atoms with E-state index in [1.165, 1.54) is 161 Å². The molecule has 0 amide bonds. The molecule has 1 unspecified atom stereocenters. The summed E-state index contributed by atoms with van der Waals surface area (Å²) in [5.74, 6) is -0.977. The zero-order chi connectivity index (χ0) is 53.6. The lowest BCUT2D eigenvalue weighted by atomic mass is 10.0. The first-order valence-electron chi connectivity index (χ1n) is 31.2. The first-order chi connectivity index (χ1) is 36.5. The zero-order valence-corrected chi connectivity index (χ0v) is 48.6. The largest absolute Gasteiger partial charge is 0.462 e. The van der Waals surface area contributed by atoms with E-state index in [2.05, 4.69) is 112 Å². The molecule has 6 heteroatoms. The minimum atomic E-state index is -0.811. The standard InChI is InChI=1S/C68H116O6/c1-4-7-10-13-16-19-22-24-25-26-27-28-29-30-31-32-33-34-35-36-37-38-39-40-41-42-43-45-46-49-52-55-58-61-67(70)73-64-65(63-72-66(69)60-57-54-51-48-21-18-15-12-9-6-3)74-68(71)62-59-56-53-50-47-44-23-20-17-14-11-8-5-2/h7-8,10-11,16-17,19-20,24-25,27-28,44,47,53,56,65H,4-6,9,12-15,18,21-23,26,29-43,45-46,48-52,54-55,57-64H2,1-3H3/b10-7-,11-8-,19-16-,20-17-,25-24-,28-27-,47-44-,56-53-. The summed E-state index contributed by atoms with van der Waals surface area (Å²) in [5, 5.41) is 0. The van der Waals surface area contributed by atoms with Crippen molar-refractivity contribution in [3.8, 4) is 0 Å². The summed E-state index contributed by atoms with van der Waals surface area (Å²) in [6.07, 6.45) is 83.2. The van der Waals surface area contributed by atoms with Gasteiger partial charge in [-0.2, -0.15) is 0 Å². The van der Waals surface area contributed by atoms with Gasteiger partial charge in [0.1, 0.15) is 13.2 Å². The van der Waals surface area contributed by atoms with E-state index < -0.39 is 6.10 Å². The van der Waals surface area contributed by atoms with E-state index in [-0.39, 0.29) is 37.5 Å². The van der Waals surface area contributed by atoms with Crippen LogP contribution in [0.5, 0.6) is 0 Å². The SMILES string of the molecule is CC/C=C\C/C=C\C/C=C\C/C=C\CCCCCCCCCCCCCCCCCCCCCCC(=O)OCC(COC(=O)CCCCCCCCCCCC)OC(=O)CC/C=C\C/C=C\C/C=C\C/C=C\CC. The van der Waals surface area contributed by atoms with Crippen LogP contribution < -0.4 is 0 Å². The zero-order valence-electron chi connectivity index (χ0n) is 48.6. The minimum Gasteiger partial charge on any atom is -0.462 e.